The Hall–Kier alpha value is -2.42. The zero-order valence-corrected chi connectivity index (χ0v) is 9.27. The average Bonchev–Trinajstić information content (AvgIpc) is 2.29. The van der Waals surface area contributed by atoms with E-state index < -0.39 is 4.92 Å². The zero-order chi connectivity index (χ0) is 12.8. The van der Waals surface area contributed by atoms with Gasteiger partial charge in [-0.1, -0.05) is 6.92 Å². The van der Waals surface area contributed by atoms with Crippen molar-refractivity contribution in [2.45, 2.75) is 19.8 Å². The minimum atomic E-state index is -0.585. The van der Waals surface area contributed by atoms with Crippen molar-refractivity contribution in [2.24, 2.45) is 0 Å². The summed E-state index contributed by atoms with van der Waals surface area (Å²) in [5.74, 6) is -0.210. The molecule has 1 amide bonds. The molecule has 0 aliphatic rings. The second-order valence-corrected chi connectivity index (χ2v) is 3.40. The van der Waals surface area contributed by atoms with Gasteiger partial charge in [-0.25, -0.2) is 0 Å². The average molecular weight is 233 g/mol. The molecule has 0 bridgehead atoms. The number of carbonyl (C=O) groups excluding carboxylic acids is 1. The number of hydrogen-bond donors (Lipinski definition) is 1. The zero-order valence-electron chi connectivity index (χ0n) is 9.27. The highest BCUT2D eigenvalue weighted by molar-refractivity contribution is 5.92. The van der Waals surface area contributed by atoms with E-state index >= 15 is 0 Å². The van der Waals surface area contributed by atoms with Gasteiger partial charge in [0.05, 0.1) is 16.2 Å². The molecule has 1 aromatic carbocycles. The highest BCUT2D eigenvalue weighted by atomic mass is 16.6. The van der Waals surface area contributed by atoms with Crippen LogP contribution in [0.3, 0.4) is 0 Å². The summed E-state index contributed by atoms with van der Waals surface area (Å²) in [5, 5.41) is 21.9. The number of anilines is 1. The maximum atomic E-state index is 11.3. The SMILES string of the molecule is CCCC(=O)Nc1ccc([N+](=O)[O-])cc1C#N. The molecule has 1 N–H and O–H groups in total. The number of non-ortho nitro benzene ring substituents is 1. The van der Waals surface area contributed by atoms with Crippen molar-refractivity contribution in [1.82, 2.24) is 0 Å². The Balaban J connectivity index is 2.98. The molecule has 1 aromatic rings. The molecule has 0 aliphatic heterocycles. The Morgan fingerprint density at radius 2 is 2.29 bits per heavy atom. The lowest BCUT2D eigenvalue weighted by Crippen LogP contribution is -2.11. The highest BCUT2D eigenvalue weighted by Gasteiger charge is 2.12. The second-order valence-electron chi connectivity index (χ2n) is 3.40. The van der Waals surface area contributed by atoms with Gasteiger partial charge in [0.1, 0.15) is 6.07 Å². The first-order valence-corrected chi connectivity index (χ1v) is 5.07. The Morgan fingerprint density at radius 1 is 1.59 bits per heavy atom. The number of amides is 1. The quantitative estimate of drug-likeness (QED) is 0.636. The fourth-order valence-electron chi connectivity index (χ4n) is 1.29. The number of rotatable bonds is 4. The molecule has 0 atom stereocenters. The smallest absolute Gasteiger partial charge is 0.270 e. The molecule has 88 valence electrons. The number of nitro groups is 1. The van der Waals surface area contributed by atoms with Crippen molar-refractivity contribution in [3.8, 4) is 6.07 Å². The van der Waals surface area contributed by atoms with E-state index in [2.05, 4.69) is 5.32 Å². The van der Waals surface area contributed by atoms with Crippen LogP contribution < -0.4 is 5.32 Å². The number of hydrogen-bond acceptors (Lipinski definition) is 4. The van der Waals surface area contributed by atoms with Crippen LogP contribution in [0.2, 0.25) is 0 Å². The molecule has 0 saturated carbocycles. The predicted octanol–water partition coefficient (Wildman–Crippen LogP) is 2.21. The van der Waals surface area contributed by atoms with Crippen molar-refractivity contribution in [3.63, 3.8) is 0 Å². The summed E-state index contributed by atoms with van der Waals surface area (Å²) in [4.78, 5) is 21.3. The van der Waals surface area contributed by atoms with Crippen molar-refractivity contribution in [2.75, 3.05) is 5.32 Å². The van der Waals surface area contributed by atoms with Gasteiger partial charge in [0.25, 0.3) is 5.69 Å². The Morgan fingerprint density at radius 3 is 2.82 bits per heavy atom. The molecule has 6 heteroatoms. The number of nitriles is 1. The third-order valence-electron chi connectivity index (χ3n) is 2.09. The molecule has 0 radical (unpaired) electrons. The van der Waals surface area contributed by atoms with Crippen LogP contribution in [0.4, 0.5) is 11.4 Å². The molecule has 0 fully saturated rings. The second kappa shape index (κ2) is 5.61. The van der Waals surface area contributed by atoms with Gasteiger partial charge in [0.2, 0.25) is 5.91 Å². The molecule has 6 nitrogen and oxygen atoms in total. The molecule has 0 aliphatic carbocycles. The van der Waals surface area contributed by atoms with Crippen molar-refractivity contribution in [3.05, 3.63) is 33.9 Å². The number of benzene rings is 1. The van der Waals surface area contributed by atoms with Crippen molar-refractivity contribution in [1.29, 1.82) is 5.26 Å². The van der Waals surface area contributed by atoms with Gasteiger partial charge >= 0.3 is 0 Å². The topological polar surface area (TPSA) is 96.0 Å². The maximum Gasteiger partial charge on any atom is 0.270 e. The molecule has 17 heavy (non-hydrogen) atoms. The summed E-state index contributed by atoms with van der Waals surface area (Å²) < 4.78 is 0. The summed E-state index contributed by atoms with van der Waals surface area (Å²) >= 11 is 0. The molecule has 0 heterocycles. The van der Waals surface area contributed by atoms with E-state index in [0.717, 1.165) is 6.07 Å². The summed E-state index contributed by atoms with van der Waals surface area (Å²) in [6.45, 7) is 1.86. The van der Waals surface area contributed by atoms with E-state index in [1.165, 1.54) is 12.1 Å². The lowest BCUT2D eigenvalue weighted by atomic mass is 10.1. The predicted molar refractivity (Wildman–Crippen MR) is 61.3 cm³/mol. The Kier molecular flexibility index (Phi) is 4.17. The molecule has 0 saturated heterocycles. The van der Waals surface area contributed by atoms with Crippen LogP contribution in [-0.4, -0.2) is 10.8 Å². The molecular weight excluding hydrogens is 222 g/mol. The summed E-state index contributed by atoms with van der Waals surface area (Å²) in [7, 11) is 0. The van der Waals surface area contributed by atoms with Gasteiger partial charge in [-0.3, -0.25) is 14.9 Å². The lowest BCUT2D eigenvalue weighted by molar-refractivity contribution is -0.384. The first kappa shape index (κ1) is 12.6. The summed E-state index contributed by atoms with van der Waals surface area (Å²) in [6, 6.07) is 5.58. The van der Waals surface area contributed by atoms with Crippen LogP contribution in [0.15, 0.2) is 18.2 Å². The first-order chi connectivity index (χ1) is 8.08. The number of nitrogens with one attached hydrogen (secondary N) is 1. The number of carbonyl (C=O) groups is 1. The first-order valence-electron chi connectivity index (χ1n) is 5.07. The van der Waals surface area contributed by atoms with Gasteiger partial charge in [0, 0.05) is 18.6 Å². The maximum absolute atomic E-state index is 11.3. The van der Waals surface area contributed by atoms with Crippen LogP contribution >= 0.6 is 0 Å². The molecule has 1 rings (SSSR count). The minimum Gasteiger partial charge on any atom is -0.325 e. The van der Waals surface area contributed by atoms with Crippen LogP contribution in [-0.2, 0) is 4.79 Å². The summed E-state index contributed by atoms with van der Waals surface area (Å²) in [5.41, 5.74) is 0.218. The highest BCUT2D eigenvalue weighted by Crippen LogP contribution is 2.21. The number of nitro benzene ring substituents is 1. The van der Waals surface area contributed by atoms with Gasteiger partial charge in [-0.2, -0.15) is 5.26 Å². The van der Waals surface area contributed by atoms with Crippen molar-refractivity contribution >= 4 is 17.3 Å². The fourth-order valence-corrected chi connectivity index (χ4v) is 1.29. The van der Waals surface area contributed by atoms with Gasteiger partial charge in [-0.15, -0.1) is 0 Å². The Labute approximate surface area is 98.0 Å². The third-order valence-corrected chi connectivity index (χ3v) is 2.09. The van der Waals surface area contributed by atoms with E-state index in [1.54, 1.807) is 0 Å². The van der Waals surface area contributed by atoms with Crippen LogP contribution in [0.25, 0.3) is 0 Å². The van der Waals surface area contributed by atoms with E-state index in [0.29, 0.717) is 18.5 Å². The van der Waals surface area contributed by atoms with E-state index in [4.69, 9.17) is 5.26 Å². The number of nitrogens with zero attached hydrogens (tertiary/aromatic N) is 2. The Bertz CT molecular complexity index is 491. The molecular formula is C11H11N3O3. The summed E-state index contributed by atoms with van der Waals surface area (Å²) in [6.07, 6.45) is 1.04. The van der Waals surface area contributed by atoms with Crippen molar-refractivity contribution < 1.29 is 9.72 Å². The standard InChI is InChI=1S/C11H11N3O3/c1-2-3-11(15)13-10-5-4-9(14(16)17)6-8(10)7-12/h4-6H,2-3H2,1H3,(H,13,15). The monoisotopic (exact) mass is 233 g/mol. The van der Waals surface area contributed by atoms with E-state index in [1.807, 2.05) is 13.0 Å². The van der Waals surface area contributed by atoms with E-state index in [9.17, 15) is 14.9 Å². The van der Waals surface area contributed by atoms with Gasteiger partial charge in [0.15, 0.2) is 0 Å². The third kappa shape index (κ3) is 3.28. The largest absolute Gasteiger partial charge is 0.325 e. The van der Waals surface area contributed by atoms with Gasteiger partial charge < -0.3 is 5.32 Å². The van der Waals surface area contributed by atoms with Crippen LogP contribution in [0, 0.1) is 21.4 Å². The normalized spacial score (nSPS) is 9.41. The molecule has 0 spiro atoms. The molecule has 0 aromatic heterocycles. The molecule has 0 unspecified atom stereocenters. The lowest BCUT2D eigenvalue weighted by Gasteiger charge is -2.05. The van der Waals surface area contributed by atoms with Crippen LogP contribution in [0.1, 0.15) is 25.3 Å². The fraction of sp³-hybridized carbons (Fsp3) is 0.273. The van der Waals surface area contributed by atoms with E-state index in [-0.39, 0.29) is 17.2 Å². The van der Waals surface area contributed by atoms with Crippen LogP contribution in [0.5, 0.6) is 0 Å². The minimum absolute atomic E-state index is 0.0867. The van der Waals surface area contributed by atoms with Gasteiger partial charge in [-0.05, 0) is 12.5 Å².